The number of anilines is 1. The number of thiazole rings is 1. The molecule has 8 heteroatoms. The van der Waals surface area contributed by atoms with E-state index in [1.165, 1.54) is 23.7 Å². The molecule has 2 aromatic carbocycles. The van der Waals surface area contributed by atoms with Crippen molar-refractivity contribution in [1.82, 2.24) is 4.98 Å². The van der Waals surface area contributed by atoms with E-state index in [0.717, 1.165) is 11.1 Å². The lowest BCUT2D eigenvalue weighted by atomic mass is 10.0. The second kappa shape index (κ2) is 7.70. The lowest BCUT2D eigenvalue weighted by Crippen LogP contribution is -2.30. The van der Waals surface area contributed by atoms with Gasteiger partial charge in [-0.15, -0.1) is 0 Å². The molecule has 0 spiro atoms. The van der Waals surface area contributed by atoms with Gasteiger partial charge in [0.05, 0.1) is 27.9 Å². The third kappa shape index (κ3) is 4.01. The molecule has 0 saturated heterocycles. The van der Waals surface area contributed by atoms with Gasteiger partial charge in [-0.3, -0.25) is 9.69 Å². The second-order valence-corrected chi connectivity index (χ2v) is 10.2. The average molecular weight is 441 g/mol. The Morgan fingerprint density at radius 1 is 1.13 bits per heavy atom. The summed E-state index contributed by atoms with van der Waals surface area (Å²) in [4.78, 5) is 19.9. The van der Waals surface area contributed by atoms with Gasteiger partial charge < -0.3 is 4.42 Å². The summed E-state index contributed by atoms with van der Waals surface area (Å²) in [5, 5.41) is 0.484. The quantitative estimate of drug-likeness (QED) is 0.447. The van der Waals surface area contributed by atoms with Gasteiger partial charge in [0.1, 0.15) is 5.76 Å². The van der Waals surface area contributed by atoms with E-state index in [0.29, 0.717) is 26.7 Å². The number of fused-ring (bicyclic) bond motifs is 1. The molecular formula is C22H20N2O4S2. The normalized spacial score (nSPS) is 11.7. The smallest absolute Gasteiger partial charge is 0.260 e. The van der Waals surface area contributed by atoms with Gasteiger partial charge in [0, 0.05) is 11.8 Å². The van der Waals surface area contributed by atoms with Crippen LogP contribution in [-0.4, -0.2) is 25.6 Å². The summed E-state index contributed by atoms with van der Waals surface area (Å²) in [7, 11) is -3.33. The number of nitrogens with zero attached hydrogens (tertiary/aromatic N) is 2. The van der Waals surface area contributed by atoms with Crippen LogP contribution in [0.5, 0.6) is 0 Å². The standard InChI is InChI=1S/C22H20N2O4S2/c1-14-6-7-15(2)18(11-14)21(25)24(13-16-5-4-10-28-16)22-23-19-9-8-17(30(3,26)27)12-20(19)29-22/h4-12H,13H2,1-3H3. The highest BCUT2D eigenvalue weighted by molar-refractivity contribution is 7.90. The van der Waals surface area contributed by atoms with Gasteiger partial charge in [-0.1, -0.05) is 29.0 Å². The number of rotatable bonds is 5. The number of benzene rings is 2. The Hall–Kier alpha value is -2.97. The molecule has 0 aliphatic heterocycles. The first-order valence-electron chi connectivity index (χ1n) is 9.24. The largest absolute Gasteiger partial charge is 0.467 e. The molecule has 4 rings (SSSR count). The van der Waals surface area contributed by atoms with Crippen molar-refractivity contribution >= 4 is 42.4 Å². The molecule has 0 radical (unpaired) electrons. The van der Waals surface area contributed by atoms with E-state index >= 15 is 0 Å². The highest BCUT2D eigenvalue weighted by atomic mass is 32.2. The van der Waals surface area contributed by atoms with Gasteiger partial charge >= 0.3 is 0 Å². The predicted octanol–water partition coefficient (Wildman–Crippen LogP) is 4.76. The average Bonchev–Trinajstić information content (AvgIpc) is 3.35. The van der Waals surface area contributed by atoms with Crippen molar-refractivity contribution in [2.45, 2.75) is 25.3 Å². The summed E-state index contributed by atoms with van der Waals surface area (Å²) < 4.78 is 30.0. The topological polar surface area (TPSA) is 80.5 Å². The molecule has 4 aromatic rings. The van der Waals surface area contributed by atoms with Crippen LogP contribution in [0.1, 0.15) is 27.2 Å². The number of hydrogen-bond donors (Lipinski definition) is 0. The summed E-state index contributed by atoms with van der Waals surface area (Å²) in [6.07, 6.45) is 2.73. The molecule has 2 heterocycles. The summed E-state index contributed by atoms with van der Waals surface area (Å²) in [5.41, 5.74) is 3.10. The second-order valence-electron chi connectivity index (χ2n) is 7.19. The molecule has 154 valence electrons. The zero-order chi connectivity index (χ0) is 21.5. The van der Waals surface area contributed by atoms with E-state index in [2.05, 4.69) is 4.98 Å². The zero-order valence-electron chi connectivity index (χ0n) is 16.7. The van der Waals surface area contributed by atoms with Gasteiger partial charge in [-0.05, 0) is 55.8 Å². The summed E-state index contributed by atoms with van der Waals surface area (Å²) in [6, 6.07) is 14.1. The Morgan fingerprint density at radius 3 is 2.63 bits per heavy atom. The Bertz CT molecular complexity index is 1340. The third-order valence-electron chi connectivity index (χ3n) is 4.77. The van der Waals surface area contributed by atoms with Crippen molar-refractivity contribution in [2.75, 3.05) is 11.2 Å². The fourth-order valence-corrected chi connectivity index (χ4v) is 4.86. The van der Waals surface area contributed by atoms with Crippen LogP contribution in [0.4, 0.5) is 5.13 Å². The third-order valence-corrected chi connectivity index (χ3v) is 6.92. The van der Waals surface area contributed by atoms with Crippen LogP contribution in [0.15, 0.2) is 64.1 Å². The van der Waals surface area contributed by atoms with Crippen LogP contribution >= 0.6 is 11.3 Å². The van der Waals surface area contributed by atoms with E-state index in [4.69, 9.17) is 4.42 Å². The molecule has 0 aliphatic rings. The summed E-state index contributed by atoms with van der Waals surface area (Å²) >= 11 is 1.28. The molecule has 0 N–H and O–H groups in total. The molecule has 0 fully saturated rings. The minimum atomic E-state index is -3.33. The molecule has 0 saturated carbocycles. The first-order chi connectivity index (χ1) is 14.2. The highest BCUT2D eigenvalue weighted by Crippen LogP contribution is 2.33. The maximum Gasteiger partial charge on any atom is 0.260 e. The molecule has 0 aliphatic carbocycles. The lowest BCUT2D eigenvalue weighted by molar-refractivity contribution is 0.0982. The molecule has 0 bridgehead atoms. The van der Waals surface area contributed by atoms with E-state index in [1.807, 2.05) is 32.0 Å². The van der Waals surface area contributed by atoms with E-state index in [-0.39, 0.29) is 17.3 Å². The SMILES string of the molecule is Cc1ccc(C)c(C(=O)N(Cc2ccco2)c2nc3ccc(S(C)(=O)=O)cc3s2)c1. The maximum absolute atomic E-state index is 13.5. The fourth-order valence-electron chi connectivity index (χ4n) is 3.14. The number of carbonyl (C=O) groups excluding carboxylic acids is 1. The minimum Gasteiger partial charge on any atom is -0.467 e. The molecule has 0 unspecified atom stereocenters. The molecule has 6 nitrogen and oxygen atoms in total. The fraction of sp³-hybridized carbons (Fsp3) is 0.182. The van der Waals surface area contributed by atoms with Crippen molar-refractivity contribution < 1.29 is 17.6 Å². The van der Waals surface area contributed by atoms with Crippen molar-refractivity contribution in [1.29, 1.82) is 0 Å². The maximum atomic E-state index is 13.5. The van der Waals surface area contributed by atoms with Crippen LogP contribution in [-0.2, 0) is 16.4 Å². The van der Waals surface area contributed by atoms with Crippen molar-refractivity contribution in [3.8, 4) is 0 Å². The van der Waals surface area contributed by atoms with E-state index < -0.39 is 9.84 Å². The molecule has 30 heavy (non-hydrogen) atoms. The van der Waals surface area contributed by atoms with E-state index in [1.54, 1.807) is 35.4 Å². The van der Waals surface area contributed by atoms with Gasteiger partial charge in [0.25, 0.3) is 5.91 Å². The molecule has 2 aromatic heterocycles. The van der Waals surface area contributed by atoms with Gasteiger partial charge in [0.15, 0.2) is 15.0 Å². The van der Waals surface area contributed by atoms with Crippen LogP contribution in [0.3, 0.4) is 0 Å². The van der Waals surface area contributed by atoms with Crippen molar-refractivity contribution in [3.05, 3.63) is 77.2 Å². The molecule has 0 atom stereocenters. The first-order valence-corrected chi connectivity index (χ1v) is 12.0. The number of aromatic nitrogens is 1. The Labute approximate surface area is 178 Å². The molecular weight excluding hydrogens is 420 g/mol. The highest BCUT2D eigenvalue weighted by Gasteiger charge is 2.24. The number of aryl methyl sites for hydroxylation is 2. The number of hydrogen-bond acceptors (Lipinski definition) is 6. The Morgan fingerprint density at radius 2 is 1.93 bits per heavy atom. The van der Waals surface area contributed by atoms with Crippen molar-refractivity contribution in [2.24, 2.45) is 0 Å². The Kier molecular flexibility index (Phi) is 5.21. The first kappa shape index (κ1) is 20.3. The van der Waals surface area contributed by atoms with Gasteiger partial charge in [-0.2, -0.15) is 0 Å². The van der Waals surface area contributed by atoms with Gasteiger partial charge in [-0.25, -0.2) is 13.4 Å². The van der Waals surface area contributed by atoms with Gasteiger partial charge in [0.2, 0.25) is 0 Å². The van der Waals surface area contributed by atoms with Crippen LogP contribution in [0.25, 0.3) is 10.2 Å². The Balaban J connectivity index is 1.81. The zero-order valence-corrected chi connectivity index (χ0v) is 18.4. The van der Waals surface area contributed by atoms with Crippen LogP contribution in [0.2, 0.25) is 0 Å². The summed E-state index contributed by atoms with van der Waals surface area (Å²) in [5.74, 6) is 0.444. The number of amides is 1. The minimum absolute atomic E-state index is 0.185. The van der Waals surface area contributed by atoms with Crippen LogP contribution < -0.4 is 4.90 Å². The molecule has 1 amide bonds. The van der Waals surface area contributed by atoms with Crippen LogP contribution in [0, 0.1) is 13.8 Å². The monoisotopic (exact) mass is 440 g/mol. The lowest BCUT2D eigenvalue weighted by Gasteiger charge is -2.20. The number of furan rings is 1. The summed E-state index contributed by atoms with van der Waals surface area (Å²) in [6.45, 7) is 4.06. The predicted molar refractivity (Wildman–Crippen MR) is 118 cm³/mol. The van der Waals surface area contributed by atoms with E-state index in [9.17, 15) is 13.2 Å². The number of carbonyl (C=O) groups is 1. The number of sulfone groups is 1. The van der Waals surface area contributed by atoms with Crippen molar-refractivity contribution in [3.63, 3.8) is 0 Å².